The van der Waals surface area contributed by atoms with Crippen LogP contribution in [0.25, 0.3) is 22.2 Å². The molecule has 0 atom stereocenters. The number of rotatable bonds is 4. The highest BCUT2D eigenvalue weighted by Crippen LogP contribution is 2.27. The van der Waals surface area contributed by atoms with E-state index in [1.165, 1.54) is 0 Å². The zero-order chi connectivity index (χ0) is 21.3. The maximum Gasteiger partial charge on any atom is 0.256 e. The van der Waals surface area contributed by atoms with Crippen LogP contribution in [0.15, 0.2) is 72.8 Å². The van der Waals surface area contributed by atoms with Gasteiger partial charge in [-0.05, 0) is 18.2 Å². The molecule has 0 radical (unpaired) electrons. The third kappa shape index (κ3) is 3.60. The van der Waals surface area contributed by atoms with Gasteiger partial charge in [0.15, 0.2) is 11.6 Å². The molecule has 5 nitrogen and oxygen atoms in total. The minimum absolute atomic E-state index is 0.214. The first-order valence-electron chi connectivity index (χ1n) is 8.99. The molecule has 7 heteroatoms. The third-order valence-electron chi connectivity index (χ3n) is 4.60. The van der Waals surface area contributed by atoms with Crippen LogP contribution in [0.4, 0.5) is 14.5 Å². The molecule has 0 saturated heterocycles. The molecule has 3 aromatic carbocycles. The predicted molar refractivity (Wildman–Crippen MR) is 110 cm³/mol. The monoisotopic (exact) mass is 403 g/mol. The number of para-hydroxylation sites is 1. The van der Waals surface area contributed by atoms with E-state index in [1.807, 2.05) is 30.3 Å². The first kappa shape index (κ1) is 19.2. The molecule has 1 heterocycles. The van der Waals surface area contributed by atoms with Crippen LogP contribution in [0.3, 0.4) is 0 Å². The van der Waals surface area contributed by atoms with E-state index in [4.69, 9.17) is 5.73 Å². The van der Waals surface area contributed by atoms with Crippen LogP contribution in [0.1, 0.15) is 20.7 Å². The van der Waals surface area contributed by atoms with Gasteiger partial charge in [0.2, 0.25) is 0 Å². The largest absolute Gasteiger partial charge is 0.366 e. The summed E-state index contributed by atoms with van der Waals surface area (Å²) in [7, 11) is 0. The van der Waals surface area contributed by atoms with Gasteiger partial charge in [0.1, 0.15) is 0 Å². The molecule has 0 saturated carbocycles. The van der Waals surface area contributed by atoms with Crippen molar-refractivity contribution in [2.24, 2.45) is 5.73 Å². The van der Waals surface area contributed by atoms with Crippen LogP contribution in [0.5, 0.6) is 0 Å². The summed E-state index contributed by atoms with van der Waals surface area (Å²) >= 11 is 0. The fourth-order valence-corrected chi connectivity index (χ4v) is 3.16. The number of benzene rings is 3. The molecular formula is C23H15F2N3O2. The molecule has 0 spiro atoms. The molecule has 0 fully saturated rings. The van der Waals surface area contributed by atoms with E-state index in [9.17, 15) is 18.4 Å². The van der Waals surface area contributed by atoms with E-state index in [-0.39, 0.29) is 16.8 Å². The molecule has 4 rings (SSSR count). The number of carbonyl (C=O) groups is 2. The van der Waals surface area contributed by atoms with Crippen molar-refractivity contribution in [2.75, 3.05) is 5.32 Å². The number of carbonyl (C=O) groups excluding carboxylic acids is 2. The van der Waals surface area contributed by atoms with E-state index in [1.54, 1.807) is 30.3 Å². The number of nitrogens with two attached hydrogens (primary N) is 1. The Bertz CT molecular complexity index is 1290. The molecule has 2 amide bonds. The number of anilines is 1. The maximum atomic E-state index is 13.7. The molecular weight excluding hydrogens is 388 g/mol. The summed E-state index contributed by atoms with van der Waals surface area (Å²) < 4.78 is 27.3. The molecule has 4 aromatic rings. The molecule has 0 aliphatic rings. The lowest BCUT2D eigenvalue weighted by molar-refractivity contribution is 0.100. The number of amides is 2. The number of hydrogen-bond acceptors (Lipinski definition) is 3. The number of aromatic nitrogens is 1. The van der Waals surface area contributed by atoms with Crippen LogP contribution in [-0.4, -0.2) is 16.8 Å². The predicted octanol–water partition coefficient (Wildman–Crippen LogP) is 4.53. The van der Waals surface area contributed by atoms with Crippen LogP contribution < -0.4 is 11.1 Å². The van der Waals surface area contributed by atoms with E-state index >= 15 is 0 Å². The fourth-order valence-electron chi connectivity index (χ4n) is 3.16. The Hall–Kier alpha value is -4.13. The second-order valence-corrected chi connectivity index (χ2v) is 6.57. The Labute approximate surface area is 170 Å². The van der Waals surface area contributed by atoms with Gasteiger partial charge >= 0.3 is 0 Å². The van der Waals surface area contributed by atoms with Crippen LogP contribution >= 0.6 is 0 Å². The highest BCUT2D eigenvalue weighted by atomic mass is 19.2. The average Bonchev–Trinajstić information content (AvgIpc) is 2.75. The van der Waals surface area contributed by atoms with E-state index < -0.39 is 23.4 Å². The Morgan fingerprint density at radius 1 is 0.833 bits per heavy atom. The van der Waals surface area contributed by atoms with Gasteiger partial charge in [-0.25, -0.2) is 13.8 Å². The van der Waals surface area contributed by atoms with Crippen LogP contribution in [-0.2, 0) is 0 Å². The molecule has 0 aliphatic heterocycles. The third-order valence-corrected chi connectivity index (χ3v) is 4.60. The number of pyridine rings is 1. The topological polar surface area (TPSA) is 85.1 Å². The maximum absolute atomic E-state index is 13.7. The first-order valence-corrected chi connectivity index (χ1v) is 8.99. The Morgan fingerprint density at radius 2 is 1.50 bits per heavy atom. The Kier molecular flexibility index (Phi) is 4.93. The van der Waals surface area contributed by atoms with Gasteiger partial charge in [-0.15, -0.1) is 0 Å². The normalized spacial score (nSPS) is 10.7. The first-order chi connectivity index (χ1) is 14.4. The highest BCUT2D eigenvalue weighted by molar-refractivity contribution is 6.15. The number of nitrogens with zero attached hydrogens (tertiary/aromatic N) is 1. The summed E-state index contributed by atoms with van der Waals surface area (Å²) in [6.07, 6.45) is 0. The molecule has 1 aromatic heterocycles. The van der Waals surface area contributed by atoms with E-state index in [2.05, 4.69) is 10.3 Å². The lowest BCUT2D eigenvalue weighted by Gasteiger charge is -2.13. The van der Waals surface area contributed by atoms with Crippen molar-refractivity contribution in [2.45, 2.75) is 0 Å². The van der Waals surface area contributed by atoms with Gasteiger partial charge in [-0.2, -0.15) is 0 Å². The number of nitrogens with one attached hydrogen (secondary N) is 1. The molecule has 0 aliphatic carbocycles. The van der Waals surface area contributed by atoms with Crippen LogP contribution in [0.2, 0.25) is 0 Å². The molecule has 0 bridgehead atoms. The number of hydrogen-bond donors (Lipinski definition) is 2. The second-order valence-electron chi connectivity index (χ2n) is 6.57. The van der Waals surface area contributed by atoms with Crippen molar-refractivity contribution in [1.82, 2.24) is 4.98 Å². The van der Waals surface area contributed by atoms with Crippen molar-refractivity contribution in [3.8, 4) is 11.3 Å². The SMILES string of the molecule is NC(=O)c1cc(F)c(F)cc1NC(=O)c1cc(-c2ccccc2)nc2ccccc12. The van der Waals surface area contributed by atoms with Gasteiger partial charge in [-0.1, -0.05) is 48.5 Å². The lowest BCUT2D eigenvalue weighted by atomic mass is 10.0. The fraction of sp³-hybridized carbons (Fsp3) is 0. The number of halogens is 2. The summed E-state index contributed by atoms with van der Waals surface area (Å²) in [5.41, 5.74) is 6.93. The van der Waals surface area contributed by atoms with Crippen molar-refractivity contribution in [3.63, 3.8) is 0 Å². The average molecular weight is 403 g/mol. The van der Waals surface area contributed by atoms with E-state index in [0.29, 0.717) is 22.7 Å². The lowest BCUT2D eigenvalue weighted by Crippen LogP contribution is -2.19. The van der Waals surface area contributed by atoms with Gasteiger partial charge in [0.05, 0.1) is 28.0 Å². The number of fused-ring (bicyclic) bond motifs is 1. The molecule has 3 N–H and O–H groups in total. The molecule has 30 heavy (non-hydrogen) atoms. The number of primary amides is 1. The van der Waals surface area contributed by atoms with Crippen molar-refractivity contribution >= 4 is 28.4 Å². The van der Waals surface area contributed by atoms with Crippen molar-refractivity contribution in [3.05, 3.63) is 95.6 Å². The summed E-state index contributed by atoms with van der Waals surface area (Å²) in [6, 6.07) is 19.3. The van der Waals surface area contributed by atoms with Crippen LogP contribution in [0, 0.1) is 11.6 Å². The zero-order valence-electron chi connectivity index (χ0n) is 15.5. The molecule has 0 unspecified atom stereocenters. The smallest absolute Gasteiger partial charge is 0.256 e. The summed E-state index contributed by atoms with van der Waals surface area (Å²) in [5, 5.41) is 3.04. The summed E-state index contributed by atoms with van der Waals surface area (Å²) in [6.45, 7) is 0. The minimum Gasteiger partial charge on any atom is -0.366 e. The Balaban J connectivity index is 1.83. The molecule has 148 valence electrons. The standard InChI is InChI=1S/C23H15F2N3O2/c24-17-10-16(22(26)29)21(12-18(17)25)28-23(30)15-11-20(13-6-2-1-3-7-13)27-19-9-5-4-8-14(15)19/h1-12H,(H2,26,29)(H,28,30). The zero-order valence-corrected chi connectivity index (χ0v) is 15.5. The summed E-state index contributed by atoms with van der Waals surface area (Å²) in [4.78, 5) is 29.3. The van der Waals surface area contributed by atoms with Gasteiger partial charge in [0.25, 0.3) is 11.8 Å². The van der Waals surface area contributed by atoms with Gasteiger partial charge in [0, 0.05) is 17.0 Å². The second kappa shape index (κ2) is 7.71. The summed E-state index contributed by atoms with van der Waals surface area (Å²) in [5.74, 6) is -4.05. The van der Waals surface area contributed by atoms with Gasteiger partial charge < -0.3 is 11.1 Å². The van der Waals surface area contributed by atoms with Crippen molar-refractivity contribution in [1.29, 1.82) is 0 Å². The highest BCUT2D eigenvalue weighted by Gasteiger charge is 2.19. The van der Waals surface area contributed by atoms with E-state index in [0.717, 1.165) is 11.6 Å². The minimum atomic E-state index is -1.23. The van der Waals surface area contributed by atoms with Crippen molar-refractivity contribution < 1.29 is 18.4 Å². The van der Waals surface area contributed by atoms with Gasteiger partial charge in [-0.3, -0.25) is 9.59 Å². The Morgan fingerprint density at radius 3 is 2.23 bits per heavy atom. The quantitative estimate of drug-likeness (QED) is 0.525.